The molecule has 0 saturated heterocycles. The summed E-state index contributed by atoms with van der Waals surface area (Å²) >= 11 is 0. The Morgan fingerprint density at radius 3 is 2.37 bits per heavy atom. The molecule has 0 aromatic heterocycles. The molecule has 0 atom stereocenters. The number of nitrogens with zero attached hydrogens (tertiary/aromatic N) is 2. The van der Waals surface area contributed by atoms with Crippen LogP contribution in [0.1, 0.15) is 5.56 Å². The second-order valence-corrected chi connectivity index (χ2v) is 5.07. The zero-order chi connectivity index (χ0) is 13.2. The predicted molar refractivity (Wildman–Crippen MR) is 81.6 cm³/mol. The summed E-state index contributed by atoms with van der Waals surface area (Å²) < 4.78 is 0. The maximum absolute atomic E-state index is 5.73. The van der Waals surface area contributed by atoms with Crippen molar-refractivity contribution in [3.63, 3.8) is 0 Å². The lowest BCUT2D eigenvalue weighted by atomic mass is 10.1. The van der Waals surface area contributed by atoms with E-state index in [1.54, 1.807) is 0 Å². The normalized spacial score (nSPS) is 14.4. The Kier molecular flexibility index (Phi) is 3.03. The van der Waals surface area contributed by atoms with Gasteiger partial charge in [0.25, 0.3) is 0 Å². The van der Waals surface area contributed by atoms with Gasteiger partial charge in [0.2, 0.25) is 0 Å². The zero-order valence-corrected chi connectivity index (χ0v) is 11.2. The lowest BCUT2D eigenvalue weighted by Crippen LogP contribution is -2.38. The molecule has 0 saturated carbocycles. The molecule has 98 valence electrons. The largest absolute Gasteiger partial charge is 0.399 e. The molecule has 0 fully saturated rings. The van der Waals surface area contributed by atoms with E-state index in [9.17, 15) is 0 Å². The van der Waals surface area contributed by atoms with Gasteiger partial charge in [-0.2, -0.15) is 0 Å². The van der Waals surface area contributed by atoms with Crippen LogP contribution in [0.3, 0.4) is 0 Å². The molecule has 0 amide bonds. The Morgan fingerprint density at radius 2 is 1.63 bits per heavy atom. The average molecular weight is 253 g/mol. The molecule has 0 spiro atoms. The van der Waals surface area contributed by atoms with E-state index in [-0.39, 0.29) is 0 Å². The van der Waals surface area contributed by atoms with Crippen LogP contribution in [-0.2, 0) is 6.54 Å². The minimum Gasteiger partial charge on any atom is -0.399 e. The maximum Gasteiger partial charge on any atom is 0.0607 e. The molecule has 2 aromatic rings. The monoisotopic (exact) mass is 253 g/mol. The first-order valence-electron chi connectivity index (χ1n) is 6.63. The summed E-state index contributed by atoms with van der Waals surface area (Å²) in [5.41, 5.74) is 10.5. The van der Waals surface area contributed by atoms with Gasteiger partial charge in [0, 0.05) is 32.4 Å². The third-order valence-corrected chi connectivity index (χ3v) is 3.69. The second-order valence-electron chi connectivity index (χ2n) is 5.07. The number of hydrogen-bond acceptors (Lipinski definition) is 3. The van der Waals surface area contributed by atoms with E-state index < -0.39 is 0 Å². The lowest BCUT2D eigenvalue weighted by molar-refractivity contribution is 0.735. The minimum absolute atomic E-state index is 0.822. The highest BCUT2D eigenvalue weighted by Gasteiger charge is 2.19. The predicted octanol–water partition coefficient (Wildman–Crippen LogP) is 2.73. The topological polar surface area (TPSA) is 32.5 Å². The molecule has 3 rings (SSSR count). The number of anilines is 3. The van der Waals surface area contributed by atoms with E-state index in [0.29, 0.717) is 0 Å². The van der Waals surface area contributed by atoms with E-state index in [1.807, 2.05) is 12.1 Å². The molecule has 1 aliphatic heterocycles. The fourth-order valence-electron chi connectivity index (χ4n) is 2.57. The molecule has 2 N–H and O–H groups in total. The van der Waals surface area contributed by atoms with Gasteiger partial charge in [0.15, 0.2) is 0 Å². The van der Waals surface area contributed by atoms with Gasteiger partial charge in [0.1, 0.15) is 0 Å². The molecule has 0 radical (unpaired) electrons. The third-order valence-electron chi connectivity index (χ3n) is 3.69. The van der Waals surface area contributed by atoms with E-state index in [4.69, 9.17) is 5.73 Å². The standard InChI is InChI=1S/C16H19N3/c1-18-10-11-19(16-5-3-2-4-15(16)18)12-13-6-8-14(17)9-7-13/h2-9H,10-12,17H2,1H3. The molecule has 1 heterocycles. The SMILES string of the molecule is CN1CCN(Cc2ccc(N)cc2)c2ccccc21. The number of fused-ring (bicyclic) bond motifs is 1. The van der Waals surface area contributed by atoms with Gasteiger partial charge in [-0.05, 0) is 29.8 Å². The van der Waals surface area contributed by atoms with Crippen molar-refractivity contribution in [3.05, 3.63) is 54.1 Å². The van der Waals surface area contributed by atoms with Gasteiger partial charge in [-0.25, -0.2) is 0 Å². The molecule has 0 aliphatic carbocycles. The van der Waals surface area contributed by atoms with Crippen molar-refractivity contribution in [1.29, 1.82) is 0 Å². The van der Waals surface area contributed by atoms with Crippen molar-refractivity contribution in [1.82, 2.24) is 0 Å². The Bertz CT molecular complexity index is 562. The molecule has 0 bridgehead atoms. The summed E-state index contributed by atoms with van der Waals surface area (Å²) in [6.45, 7) is 3.05. The van der Waals surface area contributed by atoms with Crippen LogP contribution in [0.2, 0.25) is 0 Å². The summed E-state index contributed by atoms with van der Waals surface area (Å²) in [4.78, 5) is 4.75. The first kappa shape index (κ1) is 11.9. The van der Waals surface area contributed by atoms with E-state index in [1.165, 1.54) is 16.9 Å². The van der Waals surface area contributed by atoms with Crippen LogP contribution in [0.5, 0.6) is 0 Å². The van der Waals surface area contributed by atoms with E-state index in [2.05, 4.69) is 53.2 Å². The van der Waals surface area contributed by atoms with Crippen LogP contribution in [-0.4, -0.2) is 20.1 Å². The molecule has 3 nitrogen and oxygen atoms in total. The smallest absolute Gasteiger partial charge is 0.0607 e. The van der Waals surface area contributed by atoms with Crippen LogP contribution in [0.4, 0.5) is 17.1 Å². The fraction of sp³-hybridized carbons (Fsp3) is 0.250. The molecule has 2 aromatic carbocycles. The third kappa shape index (κ3) is 2.36. The van der Waals surface area contributed by atoms with E-state index >= 15 is 0 Å². The van der Waals surface area contributed by atoms with Crippen LogP contribution in [0, 0.1) is 0 Å². The van der Waals surface area contributed by atoms with Crippen molar-refractivity contribution >= 4 is 17.1 Å². The Morgan fingerprint density at radius 1 is 0.947 bits per heavy atom. The molecule has 1 aliphatic rings. The Balaban J connectivity index is 1.86. The first-order chi connectivity index (χ1) is 9.24. The van der Waals surface area contributed by atoms with Gasteiger partial charge in [-0.1, -0.05) is 24.3 Å². The zero-order valence-electron chi connectivity index (χ0n) is 11.2. The molecule has 19 heavy (non-hydrogen) atoms. The highest BCUT2D eigenvalue weighted by atomic mass is 15.2. The van der Waals surface area contributed by atoms with E-state index in [0.717, 1.165) is 25.3 Å². The summed E-state index contributed by atoms with van der Waals surface area (Å²) in [6, 6.07) is 16.7. The number of para-hydroxylation sites is 2. The Hall–Kier alpha value is -2.16. The number of benzene rings is 2. The van der Waals surface area contributed by atoms with Crippen LogP contribution < -0.4 is 15.5 Å². The molecule has 0 unspecified atom stereocenters. The van der Waals surface area contributed by atoms with Gasteiger partial charge in [-0.3, -0.25) is 0 Å². The highest BCUT2D eigenvalue weighted by Crippen LogP contribution is 2.32. The van der Waals surface area contributed by atoms with Gasteiger partial charge in [0.05, 0.1) is 11.4 Å². The van der Waals surface area contributed by atoms with Crippen LogP contribution in [0.25, 0.3) is 0 Å². The second kappa shape index (κ2) is 4.84. The summed E-state index contributed by atoms with van der Waals surface area (Å²) in [5.74, 6) is 0. The van der Waals surface area contributed by atoms with Crippen LogP contribution in [0.15, 0.2) is 48.5 Å². The summed E-state index contributed by atoms with van der Waals surface area (Å²) in [7, 11) is 2.15. The average Bonchev–Trinajstić information content (AvgIpc) is 2.45. The van der Waals surface area contributed by atoms with Crippen molar-refractivity contribution in [2.24, 2.45) is 0 Å². The number of nitrogen functional groups attached to an aromatic ring is 1. The summed E-state index contributed by atoms with van der Waals surface area (Å²) in [6.07, 6.45) is 0. The summed E-state index contributed by atoms with van der Waals surface area (Å²) in [5, 5.41) is 0. The lowest BCUT2D eigenvalue weighted by Gasteiger charge is -2.37. The Labute approximate surface area is 114 Å². The highest BCUT2D eigenvalue weighted by molar-refractivity contribution is 5.73. The van der Waals surface area contributed by atoms with Crippen LogP contribution >= 0.6 is 0 Å². The van der Waals surface area contributed by atoms with Gasteiger partial charge >= 0.3 is 0 Å². The fourth-order valence-corrected chi connectivity index (χ4v) is 2.57. The maximum atomic E-state index is 5.73. The van der Waals surface area contributed by atoms with Gasteiger partial charge in [-0.15, -0.1) is 0 Å². The number of nitrogens with two attached hydrogens (primary N) is 1. The minimum atomic E-state index is 0.822. The van der Waals surface area contributed by atoms with Crippen molar-refractivity contribution < 1.29 is 0 Å². The molecular weight excluding hydrogens is 234 g/mol. The molecular formula is C16H19N3. The number of hydrogen-bond donors (Lipinski definition) is 1. The first-order valence-corrected chi connectivity index (χ1v) is 6.63. The number of rotatable bonds is 2. The number of likely N-dealkylation sites (N-methyl/N-ethyl adjacent to an activating group) is 1. The van der Waals surface area contributed by atoms with Gasteiger partial charge < -0.3 is 15.5 Å². The molecule has 3 heteroatoms. The quantitative estimate of drug-likeness (QED) is 0.835. The van der Waals surface area contributed by atoms with Crippen molar-refractivity contribution in [3.8, 4) is 0 Å². The van der Waals surface area contributed by atoms with Crippen molar-refractivity contribution in [2.75, 3.05) is 35.7 Å². The van der Waals surface area contributed by atoms with Crippen molar-refractivity contribution in [2.45, 2.75) is 6.54 Å².